The number of carboxylic acids is 2. The number of rotatable bonds is 8. The molecule has 0 saturated heterocycles. The van der Waals surface area contributed by atoms with Gasteiger partial charge in [0.05, 0.1) is 17.6 Å². The normalized spacial score (nSPS) is 10.9. The van der Waals surface area contributed by atoms with Gasteiger partial charge in [-0.25, -0.2) is 19.6 Å². The van der Waals surface area contributed by atoms with Gasteiger partial charge in [0.25, 0.3) is 0 Å². The van der Waals surface area contributed by atoms with E-state index in [4.69, 9.17) is 5.11 Å². The number of nitrogens with zero attached hydrogens (tertiary/aromatic N) is 5. The number of aromatic carboxylic acids is 2. The van der Waals surface area contributed by atoms with Crippen LogP contribution in [-0.4, -0.2) is 46.7 Å². The molecule has 164 valence electrons. The monoisotopic (exact) mass is 453 g/mol. The van der Waals surface area contributed by atoms with Crippen molar-refractivity contribution in [1.82, 2.24) is 24.5 Å². The van der Waals surface area contributed by atoms with Crippen LogP contribution >= 0.6 is 11.3 Å². The van der Waals surface area contributed by atoms with Gasteiger partial charge in [-0.05, 0) is 31.5 Å². The molecular weight excluding hydrogens is 434 g/mol. The highest BCUT2D eigenvalue weighted by Gasteiger charge is 2.17. The fourth-order valence-corrected chi connectivity index (χ4v) is 3.85. The van der Waals surface area contributed by atoms with Crippen LogP contribution in [0.15, 0.2) is 30.6 Å². The lowest BCUT2D eigenvalue weighted by Crippen LogP contribution is -2.07. The average Bonchev–Trinajstić information content (AvgIpc) is 3.35. The molecule has 4 aromatic rings. The first kappa shape index (κ1) is 21.2. The molecule has 0 atom stereocenters. The molecule has 0 radical (unpaired) electrons. The zero-order valence-corrected chi connectivity index (χ0v) is 18.0. The van der Waals surface area contributed by atoms with E-state index >= 15 is 0 Å². The maximum atomic E-state index is 11.3. The highest BCUT2D eigenvalue weighted by Crippen LogP contribution is 2.27. The van der Waals surface area contributed by atoms with E-state index in [9.17, 15) is 14.7 Å². The van der Waals surface area contributed by atoms with Gasteiger partial charge in [-0.3, -0.25) is 5.32 Å². The highest BCUT2D eigenvalue weighted by molar-refractivity contribution is 7.17. The van der Waals surface area contributed by atoms with Crippen molar-refractivity contribution >= 4 is 51.3 Å². The Balaban J connectivity index is 1.64. The summed E-state index contributed by atoms with van der Waals surface area (Å²) in [5, 5.41) is 24.9. The van der Waals surface area contributed by atoms with Gasteiger partial charge in [0.1, 0.15) is 4.88 Å². The quantitative estimate of drug-likeness (QED) is 0.312. The first-order chi connectivity index (χ1) is 15.4. The highest BCUT2D eigenvalue weighted by atomic mass is 32.1. The van der Waals surface area contributed by atoms with E-state index in [1.165, 1.54) is 0 Å². The number of aromatic nitrogens is 5. The van der Waals surface area contributed by atoms with Crippen molar-refractivity contribution in [3.63, 3.8) is 0 Å². The first-order valence-corrected chi connectivity index (χ1v) is 10.4. The fraction of sp³-hybridized carbons (Fsp3) is 0.200. The van der Waals surface area contributed by atoms with Crippen LogP contribution in [0.2, 0.25) is 0 Å². The molecule has 4 N–H and O–H groups in total. The number of hydrogen-bond donors (Lipinski definition) is 4. The van der Waals surface area contributed by atoms with Gasteiger partial charge in [0.2, 0.25) is 5.95 Å². The zero-order chi connectivity index (χ0) is 22.8. The summed E-state index contributed by atoms with van der Waals surface area (Å²) in [6.45, 7) is 4.65. The number of nitrogens with one attached hydrogen (secondary N) is 2. The number of carbonyl (C=O) groups is 2. The number of fused-ring (bicyclic) bond motifs is 1. The molecular formula is C20H19N7O4S. The molecule has 3 heterocycles. The Bertz CT molecular complexity index is 1310. The predicted molar refractivity (Wildman–Crippen MR) is 119 cm³/mol. The van der Waals surface area contributed by atoms with E-state index in [1.807, 2.05) is 11.5 Å². The van der Waals surface area contributed by atoms with Gasteiger partial charge in [-0.2, -0.15) is 9.97 Å². The van der Waals surface area contributed by atoms with Crippen molar-refractivity contribution in [2.45, 2.75) is 26.9 Å². The molecule has 0 spiro atoms. The van der Waals surface area contributed by atoms with Gasteiger partial charge in [-0.15, -0.1) is 0 Å². The maximum Gasteiger partial charge on any atom is 0.347 e. The summed E-state index contributed by atoms with van der Waals surface area (Å²) in [6, 6.07) is 6.53. The summed E-state index contributed by atoms with van der Waals surface area (Å²) in [5.74, 6) is -1.28. The number of anilines is 3. The third kappa shape index (κ3) is 4.21. The van der Waals surface area contributed by atoms with Crippen LogP contribution in [0.5, 0.6) is 0 Å². The number of hydrogen-bond acceptors (Lipinski definition) is 9. The van der Waals surface area contributed by atoms with Crippen molar-refractivity contribution in [3.8, 4) is 0 Å². The largest absolute Gasteiger partial charge is 0.478 e. The maximum absolute atomic E-state index is 11.3. The molecule has 0 unspecified atom stereocenters. The Kier molecular flexibility index (Phi) is 5.69. The van der Waals surface area contributed by atoms with Gasteiger partial charge in [0, 0.05) is 13.1 Å². The van der Waals surface area contributed by atoms with Crippen LogP contribution < -0.4 is 10.6 Å². The van der Waals surface area contributed by atoms with E-state index in [0.717, 1.165) is 16.9 Å². The molecule has 32 heavy (non-hydrogen) atoms. The molecule has 0 amide bonds. The summed E-state index contributed by atoms with van der Waals surface area (Å²) in [5.41, 5.74) is 2.69. The molecule has 1 aromatic carbocycles. The SMILES string of the molecule is CCn1cnc2c(NCc3ccc(C(=O)O)cc3)nc(Nc3nc(C)c(C(=O)O)s3)nc21. The third-order valence-corrected chi connectivity index (χ3v) is 5.74. The Morgan fingerprint density at radius 2 is 1.84 bits per heavy atom. The number of benzene rings is 1. The second-order valence-corrected chi connectivity index (χ2v) is 7.82. The number of aryl methyl sites for hydroxylation is 2. The molecule has 0 aliphatic heterocycles. The third-order valence-electron chi connectivity index (χ3n) is 4.67. The Labute approximate surface area is 185 Å². The zero-order valence-electron chi connectivity index (χ0n) is 17.2. The predicted octanol–water partition coefficient (Wildman–Crippen LogP) is 3.36. The minimum atomic E-state index is -1.04. The van der Waals surface area contributed by atoms with Gasteiger partial charge < -0.3 is 20.1 Å². The Morgan fingerprint density at radius 1 is 1.09 bits per heavy atom. The number of imidazole rings is 1. The molecule has 0 fully saturated rings. The van der Waals surface area contributed by atoms with Crippen molar-refractivity contribution in [1.29, 1.82) is 0 Å². The molecule has 0 aliphatic rings. The molecule has 0 bridgehead atoms. The van der Waals surface area contributed by atoms with E-state index < -0.39 is 11.9 Å². The van der Waals surface area contributed by atoms with Gasteiger partial charge in [0.15, 0.2) is 22.1 Å². The van der Waals surface area contributed by atoms with Crippen molar-refractivity contribution < 1.29 is 19.8 Å². The fourth-order valence-electron chi connectivity index (χ4n) is 3.05. The van der Waals surface area contributed by atoms with Crippen LogP contribution in [-0.2, 0) is 13.1 Å². The van der Waals surface area contributed by atoms with E-state index in [0.29, 0.717) is 40.9 Å². The minimum Gasteiger partial charge on any atom is -0.478 e. The summed E-state index contributed by atoms with van der Waals surface area (Å²) < 4.78 is 1.87. The van der Waals surface area contributed by atoms with E-state index in [1.54, 1.807) is 37.5 Å². The molecule has 0 saturated carbocycles. The summed E-state index contributed by atoms with van der Waals surface area (Å²) in [4.78, 5) is 40.2. The van der Waals surface area contributed by atoms with Crippen LogP contribution in [0.3, 0.4) is 0 Å². The summed E-state index contributed by atoms with van der Waals surface area (Å²) >= 11 is 1.01. The summed E-state index contributed by atoms with van der Waals surface area (Å²) in [6.07, 6.45) is 1.67. The van der Waals surface area contributed by atoms with Crippen LogP contribution in [0.4, 0.5) is 16.9 Å². The van der Waals surface area contributed by atoms with Crippen molar-refractivity contribution in [2.24, 2.45) is 0 Å². The second-order valence-electron chi connectivity index (χ2n) is 6.82. The van der Waals surface area contributed by atoms with E-state index in [-0.39, 0.29) is 16.4 Å². The molecule has 11 nitrogen and oxygen atoms in total. The lowest BCUT2D eigenvalue weighted by Gasteiger charge is -2.10. The minimum absolute atomic E-state index is 0.148. The van der Waals surface area contributed by atoms with Crippen LogP contribution in [0, 0.1) is 6.92 Å². The van der Waals surface area contributed by atoms with Crippen LogP contribution in [0.1, 0.15) is 38.2 Å². The van der Waals surface area contributed by atoms with Crippen molar-refractivity contribution in [2.75, 3.05) is 10.6 Å². The Morgan fingerprint density at radius 3 is 2.47 bits per heavy atom. The summed E-state index contributed by atoms with van der Waals surface area (Å²) in [7, 11) is 0. The number of carboxylic acid groups (broad SMARTS) is 2. The number of thiazole rings is 1. The van der Waals surface area contributed by atoms with Gasteiger partial charge >= 0.3 is 11.9 Å². The second kappa shape index (κ2) is 8.59. The average molecular weight is 453 g/mol. The lowest BCUT2D eigenvalue weighted by atomic mass is 10.1. The molecule has 0 aliphatic carbocycles. The lowest BCUT2D eigenvalue weighted by molar-refractivity contribution is 0.0688. The van der Waals surface area contributed by atoms with Crippen molar-refractivity contribution in [3.05, 3.63) is 52.3 Å². The van der Waals surface area contributed by atoms with Crippen LogP contribution in [0.25, 0.3) is 11.2 Å². The molecule has 4 rings (SSSR count). The van der Waals surface area contributed by atoms with Gasteiger partial charge in [-0.1, -0.05) is 23.5 Å². The Hall–Kier alpha value is -4.06. The smallest absolute Gasteiger partial charge is 0.347 e. The van der Waals surface area contributed by atoms with E-state index in [2.05, 4.69) is 30.6 Å². The first-order valence-electron chi connectivity index (χ1n) is 9.62. The standard InChI is InChI=1S/C20H19N7O4S/c1-3-27-9-22-13-15(21-8-11-4-6-12(7-5-11)17(28)29)24-19(25-16(13)27)26-20-23-10(2)14(32-20)18(30)31/h4-7,9H,3,8H2,1-2H3,(H,28,29)(H,30,31)(H2,21,23,24,25,26). The molecule has 12 heteroatoms. The topological polar surface area (TPSA) is 155 Å². The molecule has 3 aromatic heterocycles.